The van der Waals surface area contributed by atoms with E-state index in [-0.39, 0.29) is 24.6 Å². The van der Waals surface area contributed by atoms with Crippen LogP contribution in [0.4, 0.5) is 11.4 Å². The molecule has 2 aromatic heterocycles. The largest absolute Gasteiger partial charge is 0.375 e. The SMILES string of the molecule is COCC(=O)Nc1ccc(N2C(=S)N[C@@H](c3ccccn3)[C@@H]2c2cc(C)n(C3CCCCC3)c2C)cc1C. The van der Waals surface area contributed by atoms with E-state index in [9.17, 15) is 4.79 Å². The lowest BCUT2D eigenvalue weighted by Gasteiger charge is -2.30. The highest BCUT2D eigenvalue weighted by Crippen LogP contribution is 2.45. The molecule has 2 fully saturated rings. The number of methoxy groups -OCH3 is 1. The molecule has 200 valence electrons. The lowest BCUT2D eigenvalue weighted by molar-refractivity contribution is -0.119. The predicted molar refractivity (Wildman–Crippen MR) is 156 cm³/mol. The number of nitrogens with zero attached hydrogens (tertiary/aromatic N) is 3. The van der Waals surface area contributed by atoms with Crippen molar-refractivity contribution in [1.82, 2.24) is 14.9 Å². The molecule has 1 aliphatic heterocycles. The number of rotatable bonds is 7. The van der Waals surface area contributed by atoms with Gasteiger partial charge in [0.25, 0.3) is 0 Å². The number of benzene rings is 1. The van der Waals surface area contributed by atoms with Gasteiger partial charge in [0.2, 0.25) is 5.91 Å². The molecule has 2 atom stereocenters. The zero-order valence-corrected chi connectivity index (χ0v) is 23.5. The van der Waals surface area contributed by atoms with Crippen LogP contribution in [0.15, 0.2) is 48.7 Å². The molecule has 5 rings (SSSR count). The van der Waals surface area contributed by atoms with Crippen molar-refractivity contribution in [3.63, 3.8) is 0 Å². The van der Waals surface area contributed by atoms with Crippen LogP contribution in [0, 0.1) is 20.8 Å². The molecule has 38 heavy (non-hydrogen) atoms. The summed E-state index contributed by atoms with van der Waals surface area (Å²) in [6, 6.07) is 14.8. The highest BCUT2D eigenvalue weighted by molar-refractivity contribution is 7.80. The van der Waals surface area contributed by atoms with Crippen LogP contribution < -0.4 is 15.5 Å². The first-order valence-electron chi connectivity index (χ1n) is 13.5. The molecule has 0 unspecified atom stereocenters. The summed E-state index contributed by atoms with van der Waals surface area (Å²) in [5.41, 5.74) is 7.54. The van der Waals surface area contributed by atoms with Crippen LogP contribution in [0.5, 0.6) is 0 Å². The van der Waals surface area contributed by atoms with Gasteiger partial charge in [0.05, 0.1) is 17.8 Å². The minimum absolute atomic E-state index is 0.0196. The van der Waals surface area contributed by atoms with E-state index in [4.69, 9.17) is 21.9 Å². The summed E-state index contributed by atoms with van der Waals surface area (Å²) in [7, 11) is 1.51. The van der Waals surface area contributed by atoms with Gasteiger partial charge in [-0.05, 0) is 93.4 Å². The summed E-state index contributed by atoms with van der Waals surface area (Å²) >= 11 is 5.96. The number of thiocarbonyl (C=S) groups is 1. The molecule has 1 aliphatic carbocycles. The number of aryl methyl sites for hydroxylation is 2. The van der Waals surface area contributed by atoms with E-state index in [2.05, 4.69) is 52.1 Å². The van der Waals surface area contributed by atoms with Crippen molar-refractivity contribution in [2.45, 2.75) is 71.0 Å². The summed E-state index contributed by atoms with van der Waals surface area (Å²) in [6.45, 7) is 6.50. The normalized spacial score (nSPS) is 20.0. The van der Waals surface area contributed by atoms with Gasteiger partial charge in [-0.2, -0.15) is 0 Å². The van der Waals surface area contributed by atoms with Gasteiger partial charge in [0.15, 0.2) is 5.11 Å². The van der Waals surface area contributed by atoms with Crippen LogP contribution in [0.1, 0.15) is 78.4 Å². The lowest BCUT2D eigenvalue weighted by atomic mass is 9.94. The highest BCUT2D eigenvalue weighted by atomic mass is 32.1. The summed E-state index contributed by atoms with van der Waals surface area (Å²) in [5.74, 6) is -0.176. The Labute approximate surface area is 230 Å². The maximum atomic E-state index is 12.1. The fourth-order valence-corrected chi connectivity index (χ4v) is 6.55. The molecule has 0 spiro atoms. The maximum Gasteiger partial charge on any atom is 0.250 e. The van der Waals surface area contributed by atoms with Gasteiger partial charge >= 0.3 is 0 Å². The second kappa shape index (κ2) is 11.3. The Morgan fingerprint density at radius 2 is 1.92 bits per heavy atom. The molecular weight excluding hydrogens is 494 g/mol. The number of carbonyl (C=O) groups is 1. The Hall–Kier alpha value is -3.23. The molecule has 7 nitrogen and oxygen atoms in total. The van der Waals surface area contributed by atoms with Crippen LogP contribution in [0.2, 0.25) is 0 Å². The Bertz CT molecular complexity index is 1320. The molecule has 3 heterocycles. The third-order valence-corrected chi connectivity index (χ3v) is 8.23. The quantitative estimate of drug-likeness (QED) is 0.360. The fraction of sp³-hybridized carbons (Fsp3) is 0.433. The van der Waals surface area contributed by atoms with Crippen LogP contribution in [0.3, 0.4) is 0 Å². The van der Waals surface area contributed by atoms with E-state index in [0.717, 1.165) is 22.6 Å². The molecule has 1 saturated heterocycles. The van der Waals surface area contributed by atoms with Gasteiger partial charge in [-0.15, -0.1) is 0 Å². The number of carbonyl (C=O) groups excluding carboxylic acids is 1. The van der Waals surface area contributed by atoms with E-state index in [1.54, 1.807) is 0 Å². The molecule has 1 saturated carbocycles. The summed E-state index contributed by atoms with van der Waals surface area (Å²) in [5, 5.41) is 7.18. The average molecular weight is 532 g/mol. The van der Waals surface area contributed by atoms with E-state index in [0.29, 0.717) is 11.2 Å². The minimum atomic E-state index is -0.176. The Morgan fingerprint density at radius 1 is 1.13 bits per heavy atom. The van der Waals surface area contributed by atoms with Crippen LogP contribution in [-0.4, -0.2) is 34.3 Å². The van der Waals surface area contributed by atoms with Gasteiger partial charge in [-0.1, -0.05) is 25.3 Å². The van der Waals surface area contributed by atoms with Crippen molar-refractivity contribution in [1.29, 1.82) is 0 Å². The van der Waals surface area contributed by atoms with Crippen molar-refractivity contribution in [2.75, 3.05) is 23.9 Å². The second-order valence-electron chi connectivity index (χ2n) is 10.5. The summed E-state index contributed by atoms with van der Waals surface area (Å²) < 4.78 is 7.52. The molecular formula is C30H37N5O2S. The monoisotopic (exact) mass is 531 g/mol. The zero-order chi connectivity index (χ0) is 26.8. The molecule has 8 heteroatoms. The second-order valence-corrected chi connectivity index (χ2v) is 10.9. The lowest BCUT2D eigenvalue weighted by Crippen LogP contribution is -2.30. The van der Waals surface area contributed by atoms with Crippen molar-refractivity contribution in [3.8, 4) is 0 Å². The first kappa shape index (κ1) is 26.4. The number of hydrogen-bond acceptors (Lipinski definition) is 4. The minimum Gasteiger partial charge on any atom is -0.375 e. The molecule has 0 radical (unpaired) electrons. The number of anilines is 2. The number of nitrogens with one attached hydrogen (secondary N) is 2. The van der Waals surface area contributed by atoms with Crippen LogP contribution >= 0.6 is 12.2 Å². The topological polar surface area (TPSA) is 71.4 Å². The van der Waals surface area contributed by atoms with E-state index < -0.39 is 0 Å². The standard InChI is InChI=1S/C30H37N5O2S/c1-19-16-23(13-14-25(19)32-27(36)18-37-4)35-29(28(33-30(35)38)26-12-8-9-15-31-26)24-17-20(2)34(21(24)3)22-10-6-5-7-11-22/h8-9,12-17,22,28-29H,5-7,10-11,18H2,1-4H3,(H,32,36)(H,33,38)/t28-,29-/m0/s1. The molecule has 2 aliphatic rings. The number of hydrogen-bond donors (Lipinski definition) is 2. The molecule has 3 aromatic rings. The average Bonchev–Trinajstić information content (AvgIpc) is 3.41. The van der Waals surface area contributed by atoms with Crippen LogP contribution in [-0.2, 0) is 9.53 Å². The van der Waals surface area contributed by atoms with Crippen molar-refractivity contribution >= 4 is 34.6 Å². The zero-order valence-electron chi connectivity index (χ0n) is 22.7. The number of aromatic nitrogens is 2. The summed E-state index contributed by atoms with van der Waals surface area (Å²) in [4.78, 5) is 19.0. The molecule has 0 bridgehead atoms. The van der Waals surface area contributed by atoms with Crippen molar-refractivity contribution in [2.24, 2.45) is 0 Å². The van der Waals surface area contributed by atoms with Crippen molar-refractivity contribution in [3.05, 3.63) is 76.9 Å². The highest BCUT2D eigenvalue weighted by Gasteiger charge is 2.42. The Morgan fingerprint density at radius 3 is 2.61 bits per heavy atom. The van der Waals surface area contributed by atoms with Gasteiger partial charge < -0.3 is 24.8 Å². The maximum absolute atomic E-state index is 12.1. The third kappa shape index (κ3) is 5.07. The fourth-order valence-electron chi connectivity index (χ4n) is 6.21. The number of pyridine rings is 1. The van der Waals surface area contributed by atoms with Gasteiger partial charge in [-0.25, -0.2) is 0 Å². The Kier molecular flexibility index (Phi) is 7.81. The predicted octanol–water partition coefficient (Wildman–Crippen LogP) is 6.08. The molecule has 1 aromatic carbocycles. The first-order valence-corrected chi connectivity index (χ1v) is 13.9. The van der Waals surface area contributed by atoms with E-state index >= 15 is 0 Å². The van der Waals surface area contributed by atoms with Gasteiger partial charge in [0.1, 0.15) is 6.61 Å². The molecule has 2 N–H and O–H groups in total. The van der Waals surface area contributed by atoms with E-state index in [1.807, 2.05) is 37.4 Å². The molecule has 1 amide bonds. The van der Waals surface area contributed by atoms with Gasteiger partial charge in [0, 0.05) is 42.1 Å². The smallest absolute Gasteiger partial charge is 0.250 e. The Balaban J connectivity index is 1.56. The van der Waals surface area contributed by atoms with E-state index in [1.165, 1.54) is 56.2 Å². The van der Waals surface area contributed by atoms with Gasteiger partial charge in [-0.3, -0.25) is 9.78 Å². The number of ether oxygens (including phenoxy) is 1. The third-order valence-electron chi connectivity index (χ3n) is 7.92. The van der Waals surface area contributed by atoms with Crippen molar-refractivity contribution < 1.29 is 9.53 Å². The van der Waals surface area contributed by atoms with Crippen LogP contribution in [0.25, 0.3) is 0 Å². The first-order chi connectivity index (χ1) is 18.4. The summed E-state index contributed by atoms with van der Waals surface area (Å²) in [6.07, 6.45) is 8.23. The number of amides is 1.